The smallest absolute Gasteiger partial charge is 0.239 e. The Morgan fingerprint density at radius 2 is 1.58 bits per heavy atom. The molecule has 0 fully saturated rings. The van der Waals surface area contributed by atoms with Crippen molar-refractivity contribution >= 4 is 27.2 Å². The van der Waals surface area contributed by atoms with Crippen molar-refractivity contribution in [1.29, 1.82) is 0 Å². The molecule has 24 heavy (non-hydrogen) atoms. The third kappa shape index (κ3) is 5.03. The lowest BCUT2D eigenvalue weighted by Crippen LogP contribution is -2.27. The monoisotopic (exact) mass is 345 g/mol. The Bertz CT molecular complexity index is 858. The molecule has 0 heterocycles. The molecule has 1 amide bonds. The molecule has 0 saturated carbocycles. The van der Waals surface area contributed by atoms with E-state index in [4.69, 9.17) is 0 Å². The molecule has 0 aromatic heterocycles. The minimum absolute atomic E-state index is 0.338. The first-order valence-corrected chi connectivity index (χ1v) is 9.25. The Kier molecular flexibility index (Phi) is 5.51. The van der Waals surface area contributed by atoms with Crippen molar-refractivity contribution in [2.75, 3.05) is 16.8 Å². The van der Waals surface area contributed by atoms with E-state index in [0.717, 1.165) is 11.1 Å². The SMILES string of the molecule is Cc1ccc(C(=O)CS(=O)(=O)CC(=O)Nc2ccccc2)cc1C. The summed E-state index contributed by atoms with van der Waals surface area (Å²) in [5.41, 5.74) is 2.79. The molecule has 0 atom stereocenters. The zero-order valence-electron chi connectivity index (χ0n) is 13.6. The summed E-state index contributed by atoms with van der Waals surface area (Å²) in [6.45, 7) is 3.77. The van der Waals surface area contributed by atoms with E-state index in [1.54, 1.807) is 48.5 Å². The second-order valence-electron chi connectivity index (χ2n) is 5.67. The van der Waals surface area contributed by atoms with Gasteiger partial charge in [-0.25, -0.2) is 8.42 Å². The number of amides is 1. The van der Waals surface area contributed by atoms with Gasteiger partial charge in [-0.05, 0) is 43.2 Å². The highest BCUT2D eigenvalue weighted by Gasteiger charge is 2.22. The van der Waals surface area contributed by atoms with Gasteiger partial charge in [0.2, 0.25) is 5.91 Å². The number of nitrogens with one attached hydrogen (secondary N) is 1. The van der Waals surface area contributed by atoms with Crippen LogP contribution in [-0.2, 0) is 14.6 Å². The molecule has 1 N–H and O–H groups in total. The molecule has 0 saturated heterocycles. The number of aryl methyl sites for hydroxylation is 2. The Morgan fingerprint density at radius 1 is 0.917 bits per heavy atom. The summed E-state index contributed by atoms with van der Waals surface area (Å²) in [5, 5.41) is 2.50. The Hall–Kier alpha value is -2.47. The molecule has 0 aliphatic rings. The molecule has 2 rings (SSSR count). The number of ketones is 1. The van der Waals surface area contributed by atoms with Gasteiger partial charge in [0.25, 0.3) is 0 Å². The number of sulfone groups is 1. The summed E-state index contributed by atoms with van der Waals surface area (Å²) in [6, 6.07) is 13.6. The lowest BCUT2D eigenvalue weighted by atomic mass is 10.0. The molecular weight excluding hydrogens is 326 g/mol. The van der Waals surface area contributed by atoms with Gasteiger partial charge >= 0.3 is 0 Å². The van der Waals surface area contributed by atoms with Gasteiger partial charge in [0.1, 0.15) is 11.5 Å². The second kappa shape index (κ2) is 7.40. The molecule has 0 unspecified atom stereocenters. The maximum Gasteiger partial charge on any atom is 0.239 e. The van der Waals surface area contributed by atoms with Gasteiger partial charge in [-0.2, -0.15) is 0 Å². The van der Waals surface area contributed by atoms with Gasteiger partial charge in [-0.3, -0.25) is 9.59 Å². The van der Waals surface area contributed by atoms with Gasteiger partial charge < -0.3 is 5.32 Å². The minimum Gasteiger partial charge on any atom is -0.325 e. The molecule has 2 aromatic carbocycles. The summed E-state index contributed by atoms with van der Waals surface area (Å²) in [7, 11) is -3.83. The van der Waals surface area contributed by atoms with Crippen molar-refractivity contribution in [3.05, 3.63) is 65.2 Å². The topological polar surface area (TPSA) is 80.3 Å². The van der Waals surface area contributed by atoms with Crippen LogP contribution >= 0.6 is 0 Å². The van der Waals surface area contributed by atoms with Crippen molar-refractivity contribution in [2.24, 2.45) is 0 Å². The number of rotatable bonds is 6. The predicted octanol–water partition coefficient (Wildman–Crippen LogP) is 2.54. The highest BCUT2D eigenvalue weighted by molar-refractivity contribution is 7.92. The van der Waals surface area contributed by atoms with Crippen LogP contribution in [0.4, 0.5) is 5.69 Å². The van der Waals surface area contributed by atoms with Crippen LogP contribution in [0.5, 0.6) is 0 Å². The van der Waals surface area contributed by atoms with Crippen LogP contribution in [0.2, 0.25) is 0 Å². The average molecular weight is 345 g/mol. The van der Waals surface area contributed by atoms with Crippen molar-refractivity contribution in [3.8, 4) is 0 Å². The summed E-state index contributed by atoms with van der Waals surface area (Å²) in [4.78, 5) is 24.0. The zero-order valence-corrected chi connectivity index (χ0v) is 14.4. The second-order valence-corrected chi connectivity index (χ2v) is 7.73. The van der Waals surface area contributed by atoms with Crippen LogP contribution in [0.1, 0.15) is 21.5 Å². The zero-order chi connectivity index (χ0) is 17.7. The van der Waals surface area contributed by atoms with E-state index >= 15 is 0 Å². The largest absolute Gasteiger partial charge is 0.325 e. The molecule has 0 aliphatic carbocycles. The molecule has 126 valence electrons. The molecular formula is C18H19NO4S. The van der Waals surface area contributed by atoms with Crippen LogP contribution < -0.4 is 5.32 Å². The van der Waals surface area contributed by atoms with Gasteiger partial charge in [0.05, 0.1) is 0 Å². The number of carbonyl (C=O) groups is 2. The van der Waals surface area contributed by atoms with Gasteiger partial charge in [-0.15, -0.1) is 0 Å². The lowest BCUT2D eigenvalue weighted by molar-refractivity contribution is -0.113. The number of carbonyl (C=O) groups excluding carboxylic acids is 2. The first-order valence-electron chi connectivity index (χ1n) is 7.42. The fourth-order valence-electron chi connectivity index (χ4n) is 2.17. The standard InChI is InChI=1S/C18H19NO4S/c1-13-8-9-15(10-14(13)2)17(20)11-24(22,23)12-18(21)19-16-6-4-3-5-7-16/h3-10H,11-12H2,1-2H3,(H,19,21). The van der Waals surface area contributed by atoms with Crippen LogP contribution in [0, 0.1) is 13.8 Å². The van der Waals surface area contributed by atoms with Crippen molar-refractivity contribution in [3.63, 3.8) is 0 Å². The lowest BCUT2D eigenvalue weighted by Gasteiger charge is -2.07. The molecule has 0 aliphatic heterocycles. The number of benzene rings is 2. The van der Waals surface area contributed by atoms with E-state index in [2.05, 4.69) is 5.32 Å². The van der Waals surface area contributed by atoms with Crippen molar-refractivity contribution < 1.29 is 18.0 Å². The van der Waals surface area contributed by atoms with E-state index in [1.807, 2.05) is 13.8 Å². The predicted molar refractivity (Wildman–Crippen MR) is 94.0 cm³/mol. The molecule has 2 aromatic rings. The van der Waals surface area contributed by atoms with Crippen LogP contribution in [0.3, 0.4) is 0 Å². The molecule has 6 heteroatoms. The summed E-state index contributed by atoms with van der Waals surface area (Å²) >= 11 is 0. The van der Waals surface area contributed by atoms with E-state index in [-0.39, 0.29) is 0 Å². The van der Waals surface area contributed by atoms with E-state index < -0.39 is 33.0 Å². The normalized spacial score (nSPS) is 11.1. The molecule has 0 spiro atoms. The molecule has 0 radical (unpaired) electrons. The number of para-hydroxylation sites is 1. The first kappa shape index (κ1) is 17.9. The van der Waals surface area contributed by atoms with Gasteiger partial charge in [0.15, 0.2) is 15.6 Å². The first-order chi connectivity index (χ1) is 11.3. The van der Waals surface area contributed by atoms with E-state index in [0.29, 0.717) is 11.3 Å². The average Bonchev–Trinajstić information content (AvgIpc) is 2.49. The molecule has 5 nitrogen and oxygen atoms in total. The van der Waals surface area contributed by atoms with E-state index in [9.17, 15) is 18.0 Å². The quantitative estimate of drug-likeness (QED) is 0.816. The number of Topliss-reactive ketones (excluding diaryl/α,β-unsaturated/α-hetero) is 1. The molecule has 0 bridgehead atoms. The van der Waals surface area contributed by atoms with Crippen molar-refractivity contribution in [1.82, 2.24) is 0 Å². The highest BCUT2D eigenvalue weighted by Crippen LogP contribution is 2.12. The fourth-order valence-corrected chi connectivity index (χ4v) is 3.31. The van der Waals surface area contributed by atoms with Gasteiger partial charge in [-0.1, -0.05) is 30.3 Å². The third-order valence-corrected chi connectivity index (χ3v) is 4.99. The van der Waals surface area contributed by atoms with Gasteiger partial charge in [0, 0.05) is 11.3 Å². The van der Waals surface area contributed by atoms with E-state index in [1.165, 1.54) is 0 Å². The number of hydrogen-bond donors (Lipinski definition) is 1. The Morgan fingerprint density at radius 3 is 2.21 bits per heavy atom. The summed E-state index contributed by atoms with van der Waals surface area (Å²) in [5.74, 6) is -2.57. The maximum absolute atomic E-state index is 12.2. The summed E-state index contributed by atoms with van der Waals surface area (Å²) < 4.78 is 24.2. The third-order valence-electron chi connectivity index (χ3n) is 3.59. The number of hydrogen-bond acceptors (Lipinski definition) is 4. The Labute approximate surface area is 141 Å². The minimum atomic E-state index is -3.83. The number of anilines is 1. The Balaban J connectivity index is 2.01. The van der Waals surface area contributed by atoms with Crippen LogP contribution in [0.15, 0.2) is 48.5 Å². The summed E-state index contributed by atoms with van der Waals surface area (Å²) in [6.07, 6.45) is 0. The fraction of sp³-hybridized carbons (Fsp3) is 0.222. The van der Waals surface area contributed by atoms with Crippen LogP contribution in [0.25, 0.3) is 0 Å². The van der Waals surface area contributed by atoms with Crippen molar-refractivity contribution in [2.45, 2.75) is 13.8 Å². The van der Waals surface area contributed by atoms with Crippen LogP contribution in [-0.4, -0.2) is 31.6 Å². The maximum atomic E-state index is 12.2. The highest BCUT2D eigenvalue weighted by atomic mass is 32.2.